The molecule has 8 aliphatic heterocycles. The largest absolute Gasteiger partial charge is 0.480 e. The second-order valence-corrected chi connectivity index (χ2v) is 35.2. The van der Waals surface area contributed by atoms with E-state index in [1.807, 2.05) is 86.7 Å². The van der Waals surface area contributed by atoms with Crippen molar-refractivity contribution in [3.8, 4) is 22.8 Å². The molecule has 14 heterocycles. The van der Waals surface area contributed by atoms with E-state index in [0.29, 0.717) is 169 Å². The zero-order valence-corrected chi connectivity index (χ0v) is 79.6. The van der Waals surface area contributed by atoms with E-state index in [2.05, 4.69) is 55.7 Å². The number of pyridine rings is 2. The molecular weight excluding hydrogens is 1850 g/mol. The minimum Gasteiger partial charge on any atom is -0.480 e. The number of rotatable bonds is 46. The zero-order chi connectivity index (χ0) is 99.5. The predicted octanol–water partition coefficient (Wildman–Crippen LogP) is 7.33. The number of carboxylic acid groups (broad SMARTS) is 1. The maximum absolute atomic E-state index is 14.1. The van der Waals surface area contributed by atoms with Crippen LogP contribution in [-0.2, 0) is 66.7 Å². The first-order chi connectivity index (χ1) is 69.8. The van der Waals surface area contributed by atoms with Crippen molar-refractivity contribution in [3.63, 3.8) is 0 Å². The fourth-order valence-electron chi connectivity index (χ4n) is 18.7. The molecule has 0 saturated carbocycles. The summed E-state index contributed by atoms with van der Waals surface area (Å²) in [5.41, 5.74) is 13.6. The van der Waals surface area contributed by atoms with Gasteiger partial charge in [0.05, 0.1) is 170 Å². The summed E-state index contributed by atoms with van der Waals surface area (Å²) >= 11 is 0. The number of benzene rings is 4. The number of nitrogens with one attached hydrogen (secondary N) is 4. The van der Waals surface area contributed by atoms with E-state index in [9.17, 15) is 56.7 Å². The maximum atomic E-state index is 14.1. The Morgan fingerprint density at radius 2 is 0.818 bits per heavy atom. The number of piperidine rings is 2. The number of aromatic nitrogens is 8. The Bertz CT molecular complexity index is 6140. The molecule has 4 atom stereocenters. The van der Waals surface area contributed by atoms with Crippen LogP contribution in [0.2, 0.25) is 0 Å². The molecule has 18 rings (SSSR count). The van der Waals surface area contributed by atoms with Crippen LogP contribution in [0.25, 0.3) is 34.1 Å². The highest BCUT2D eigenvalue weighted by Crippen LogP contribution is 2.40. The normalized spacial score (nSPS) is 18.3. The minimum atomic E-state index is -1.02. The number of ketones is 1. The molecule has 0 radical (unpaired) electrons. The van der Waals surface area contributed by atoms with Crippen molar-refractivity contribution in [2.45, 2.75) is 88.4 Å². The number of ether oxygens (including phenoxy) is 8. The van der Waals surface area contributed by atoms with Crippen molar-refractivity contribution in [2.75, 3.05) is 234 Å². The fourth-order valence-corrected chi connectivity index (χ4v) is 18.7. The molecular formula is C101H119F2N21O19. The van der Waals surface area contributed by atoms with Gasteiger partial charge in [-0.2, -0.15) is 0 Å². The molecule has 0 aliphatic carbocycles. The molecule has 10 aromatic rings. The van der Waals surface area contributed by atoms with Crippen LogP contribution >= 0.6 is 0 Å². The van der Waals surface area contributed by atoms with Gasteiger partial charge in [-0.3, -0.25) is 78.2 Å². The van der Waals surface area contributed by atoms with E-state index in [1.165, 1.54) is 12.1 Å². The van der Waals surface area contributed by atoms with Crippen molar-refractivity contribution < 1.29 is 99.7 Å². The number of Topliss-reactive ketones (excluding diaryl/α,β-unsaturated/α-hetero) is 1. The number of carbonyl (C=O) groups is 10. The lowest BCUT2D eigenvalue weighted by Gasteiger charge is -2.35. The van der Waals surface area contributed by atoms with Gasteiger partial charge in [0.1, 0.15) is 64.2 Å². The number of nitrogens with two attached hydrogens (primary N) is 1. The van der Waals surface area contributed by atoms with Crippen molar-refractivity contribution in [3.05, 3.63) is 203 Å². The number of aliphatic carboxylic acids is 1. The highest BCUT2D eigenvalue weighted by atomic mass is 19.1. The summed E-state index contributed by atoms with van der Waals surface area (Å²) < 4.78 is 75.7. The number of amides is 8. The maximum Gasteiger partial charge on any atom is 0.317 e. The molecule has 6 fully saturated rings. The van der Waals surface area contributed by atoms with Crippen molar-refractivity contribution in [2.24, 2.45) is 5.73 Å². The van der Waals surface area contributed by atoms with Gasteiger partial charge < -0.3 is 79.0 Å². The highest BCUT2D eigenvalue weighted by molar-refractivity contribution is 6.26. The summed E-state index contributed by atoms with van der Waals surface area (Å²) in [5.74, 6) is -2.04. The molecule has 8 amide bonds. The Morgan fingerprint density at radius 3 is 1.23 bits per heavy atom. The van der Waals surface area contributed by atoms with E-state index in [-0.39, 0.29) is 84.0 Å². The average molecular weight is 1970 g/mol. The van der Waals surface area contributed by atoms with E-state index in [1.54, 1.807) is 73.1 Å². The van der Waals surface area contributed by atoms with Crippen LogP contribution in [0.15, 0.2) is 158 Å². The lowest BCUT2D eigenvalue weighted by atomic mass is 10.0. The molecule has 6 saturated heterocycles. The van der Waals surface area contributed by atoms with Gasteiger partial charge in [-0.05, 0) is 153 Å². The van der Waals surface area contributed by atoms with Crippen molar-refractivity contribution in [1.82, 2.24) is 69.4 Å². The number of anilines is 6. The standard InChI is InChI=1S/C51H59FN10O9.C27H28FN7O2.C23H32N4O8/c52-36-7-1-6-35(32-36)41-12-4-19-60(41)46-16-15-44-54-33-43(62(44)57-46)39-10-3-13-45(55-39)59-22-20-58(21-23-59)34-37(63)8-5-24-68-26-28-70-30-31-71-29-27-69-25-18-53-40-11-2-9-38-48(40)51(67)61(50(38)66)42-14-17-47(64)56-49(42)65;28-20-5-1-4-19(16-20)22-7-3-11-34(22)26-10-9-24-29-17-23(35(24)31-26)21-6-2-8-25(30-21)33-14-12-32(13-15-33)18-27(36)37;24-6-8-32-10-12-34-14-15-35-13-11-33-9-7-25-17-3-1-2-16-20(17)23(31)27(22(16)30)18-4-5-19(28)26-21(18)29/h1-3,6-7,9-11,13,15-16,32-33,41-42,53H,4-5,8,12,14,17-31,34H2,(H,56,64,65);1-2,4-6,8-10,16-17,22H,3,7,11-15,18H2,(H,36,37);1-3,18,25H,4-15,24H2,(H,26,28,29)/t41-,42?;22-;/m11./s1. The summed E-state index contributed by atoms with van der Waals surface area (Å²) in [4.78, 5) is 158. The third-order valence-electron chi connectivity index (χ3n) is 25.7. The number of piperazine rings is 2. The first kappa shape index (κ1) is 102. The van der Waals surface area contributed by atoms with Crippen LogP contribution in [0, 0.1) is 11.6 Å². The number of imide groups is 4. The number of hydrogen-bond acceptors (Lipinski definition) is 33. The van der Waals surface area contributed by atoms with E-state index < -0.39 is 65.3 Å². The zero-order valence-electron chi connectivity index (χ0n) is 79.6. The Morgan fingerprint density at radius 1 is 0.420 bits per heavy atom. The van der Waals surface area contributed by atoms with Gasteiger partial charge in [0.25, 0.3) is 23.6 Å². The van der Waals surface area contributed by atoms with Crippen molar-refractivity contribution in [1.29, 1.82) is 0 Å². The molecule has 4 aromatic carbocycles. The number of nitrogens with zero attached hydrogens (tertiary/aromatic N) is 16. The third kappa shape index (κ3) is 26.3. The van der Waals surface area contributed by atoms with Crippen LogP contribution < -0.4 is 46.6 Å². The Hall–Kier alpha value is -13.7. The monoisotopic (exact) mass is 1970 g/mol. The summed E-state index contributed by atoms with van der Waals surface area (Å²) in [5, 5.41) is 29.7. The molecule has 40 nitrogen and oxygen atoms in total. The average Bonchev–Trinajstić information content (AvgIpc) is 1.60. The second kappa shape index (κ2) is 50.3. The second-order valence-electron chi connectivity index (χ2n) is 35.2. The van der Waals surface area contributed by atoms with Gasteiger partial charge in [-0.15, -0.1) is 10.2 Å². The third-order valence-corrected chi connectivity index (χ3v) is 25.7. The molecule has 2 unspecified atom stereocenters. The first-order valence-electron chi connectivity index (χ1n) is 48.7. The molecule has 143 heavy (non-hydrogen) atoms. The van der Waals surface area contributed by atoms with Crippen LogP contribution in [0.3, 0.4) is 0 Å². The summed E-state index contributed by atoms with van der Waals surface area (Å²) in [7, 11) is 0. The number of fused-ring (bicyclic) bond motifs is 4. The molecule has 0 spiro atoms. The van der Waals surface area contributed by atoms with Crippen LogP contribution in [0.4, 0.5) is 43.4 Å². The first-order valence-corrected chi connectivity index (χ1v) is 48.7. The minimum absolute atomic E-state index is 0.0522. The van der Waals surface area contributed by atoms with Crippen LogP contribution in [0.1, 0.15) is 129 Å². The Labute approximate surface area is 824 Å². The quantitative estimate of drug-likeness (QED) is 0.0161. The molecule has 8 aliphatic rings. The van der Waals surface area contributed by atoms with E-state index in [0.717, 1.165) is 156 Å². The number of carboxylic acids is 1. The predicted molar refractivity (Wildman–Crippen MR) is 522 cm³/mol. The number of halogens is 2. The smallest absolute Gasteiger partial charge is 0.317 e. The van der Waals surface area contributed by atoms with Crippen LogP contribution in [-0.4, -0.2) is 339 Å². The van der Waals surface area contributed by atoms with Gasteiger partial charge in [0.2, 0.25) is 23.6 Å². The van der Waals surface area contributed by atoms with Gasteiger partial charge >= 0.3 is 5.97 Å². The molecule has 42 heteroatoms. The van der Waals surface area contributed by atoms with Crippen molar-refractivity contribution >= 4 is 105 Å². The van der Waals surface area contributed by atoms with E-state index in [4.69, 9.17) is 68.9 Å². The van der Waals surface area contributed by atoms with Crippen LogP contribution in [0.5, 0.6) is 0 Å². The number of carbonyl (C=O) groups excluding carboxylic acids is 9. The molecule has 7 N–H and O–H groups in total. The Balaban J connectivity index is 0.000000171. The number of hydrogen-bond donors (Lipinski definition) is 6. The molecule has 756 valence electrons. The van der Waals surface area contributed by atoms with Gasteiger partial charge in [-0.1, -0.05) is 48.5 Å². The summed E-state index contributed by atoms with van der Waals surface area (Å²) in [6.45, 7) is 16.0. The van der Waals surface area contributed by atoms with Gasteiger partial charge in [-0.25, -0.2) is 37.7 Å². The van der Waals surface area contributed by atoms with E-state index >= 15 is 0 Å². The molecule has 0 bridgehead atoms. The summed E-state index contributed by atoms with van der Waals surface area (Å²) in [6.07, 6.45) is 8.93. The SMILES string of the molecule is NCCOCCOCCOCCOCCNc1cccc2c1C(=O)N(C1CCC(=O)NC1=O)C2=O.O=C(CCCOCCOCCOCCOCCNc1cccc2c1C(=O)N(C1CCC(=O)NC1=O)C2=O)CN1CCN(c2cccc(-c3cnc4ccc(N5CCC[C@@H]5c5cccc(F)c5)nn34)n2)CC1.O=C(O)CN1CCN(c2cccc(-c3cnc4ccc(N5CCC[C@@H]5c5cccc(F)c5)nn34)n2)CC1. The Kier molecular flexibility index (Phi) is 36.0. The summed E-state index contributed by atoms with van der Waals surface area (Å²) in [6, 6.07) is 41.4. The lowest BCUT2D eigenvalue weighted by Crippen LogP contribution is -2.54. The number of imidazole rings is 2. The topological polar surface area (TPSA) is 451 Å². The fraction of sp³-hybridized carbons (Fsp3) is 0.446. The highest BCUT2D eigenvalue weighted by Gasteiger charge is 2.48. The van der Waals surface area contributed by atoms with Gasteiger partial charge in [0, 0.05) is 122 Å². The van der Waals surface area contributed by atoms with Gasteiger partial charge in [0.15, 0.2) is 11.3 Å². The lowest BCUT2D eigenvalue weighted by molar-refractivity contribution is -0.139. The molecule has 6 aromatic heterocycles.